The second-order valence-electron chi connectivity index (χ2n) is 8.35. The number of carbonyl (C=O) groups excluding carboxylic acids is 2. The third kappa shape index (κ3) is 4.02. The number of benzene rings is 1. The fourth-order valence-electron chi connectivity index (χ4n) is 5.10. The fourth-order valence-corrected chi connectivity index (χ4v) is 5.10. The fraction of sp³-hybridized carbons (Fsp3) is 0.636. The Balaban J connectivity index is 1.33. The molecule has 0 saturated carbocycles. The summed E-state index contributed by atoms with van der Waals surface area (Å²) in [7, 11) is 1.61. The zero-order valence-corrected chi connectivity index (χ0v) is 16.7. The summed E-state index contributed by atoms with van der Waals surface area (Å²) >= 11 is 0. The largest absolute Gasteiger partial charge is 0.497 e. The molecule has 1 N–H and O–H groups in total. The molecule has 28 heavy (non-hydrogen) atoms. The summed E-state index contributed by atoms with van der Waals surface area (Å²) in [4.78, 5) is 29.6. The van der Waals surface area contributed by atoms with E-state index in [-0.39, 0.29) is 24.2 Å². The Morgan fingerprint density at radius 1 is 1.21 bits per heavy atom. The monoisotopic (exact) mass is 385 g/mol. The molecule has 152 valence electrons. The lowest BCUT2D eigenvalue weighted by atomic mass is 9.83. The number of nitrogens with one attached hydrogen (secondary N) is 1. The molecule has 0 radical (unpaired) electrons. The van der Waals surface area contributed by atoms with Crippen LogP contribution in [-0.4, -0.2) is 56.0 Å². The Bertz CT molecular complexity index is 721. The van der Waals surface area contributed by atoms with Crippen LogP contribution in [0.4, 0.5) is 5.69 Å². The number of amides is 2. The van der Waals surface area contributed by atoms with Crippen molar-refractivity contribution >= 4 is 17.5 Å². The van der Waals surface area contributed by atoms with Crippen molar-refractivity contribution in [2.75, 3.05) is 38.2 Å². The first-order chi connectivity index (χ1) is 13.7. The standard InChI is InChI=1S/C22H31N3O3/c1-28-19-8-4-7-18(13-19)25-15-17(12-21(25)26)22(27)23-14-16-6-5-11-24-10-3-2-9-20(16)24/h4,7-8,13,16-17,20H,2-3,5-6,9-12,14-15H2,1H3,(H,23,27)/t16-,17?,20+/m0/s1. The molecule has 4 rings (SSSR count). The maximum Gasteiger partial charge on any atom is 0.227 e. The minimum Gasteiger partial charge on any atom is -0.497 e. The van der Waals surface area contributed by atoms with Gasteiger partial charge in [-0.2, -0.15) is 0 Å². The molecule has 6 nitrogen and oxygen atoms in total. The molecule has 3 saturated heterocycles. The molecule has 0 spiro atoms. The summed E-state index contributed by atoms with van der Waals surface area (Å²) in [5, 5.41) is 3.17. The average Bonchev–Trinajstić information content (AvgIpc) is 3.13. The Morgan fingerprint density at radius 2 is 2.07 bits per heavy atom. The van der Waals surface area contributed by atoms with E-state index >= 15 is 0 Å². The van der Waals surface area contributed by atoms with Gasteiger partial charge in [0.05, 0.1) is 13.0 Å². The third-order valence-corrected chi connectivity index (χ3v) is 6.63. The minimum absolute atomic E-state index is 0.00419. The molecule has 3 atom stereocenters. The highest BCUT2D eigenvalue weighted by Crippen LogP contribution is 2.31. The van der Waals surface area contributed by atoms with Crippen LogP contribution in [0.5, 0.6) is 5.75 Å². The van der Waals surface area contributed by atoms with E-state index in [0.29, 0.717) is 24.3 Å². The van der Waals surface area contributed by atoms with Crippen molar-refractivity contribution in [2.45, 2.75) is 44.6 Å². The van der Waals surface area contributed by atoms with Gasteiger partial charge in [-0.25, -0.2) is 0 Å². The van der Waals surface area contributed by atoms with Crippen molar-refractivity contribution in [1.29, 1.82) is 0 Å². The van der Waals surface area contributed by atoms with Gasteiger partial charge in [-0.05, 0) is 56.8 Å². The predicted molar refractivity (Wildman–Crippen MR) is 108 cm³/mol. The van der Waals surface area contributed by atoms with Gasteiger partial charge in [0.15, 0.2) is 0 Å². The summed E-state index contributed by atoms with van der Waals surface area (Å²) in [6.07, 6.45) is 6.57. The zero-order chi connectivity index (χ0) is 19.5. The van der Waals surface area contributed by atoms with Gasteiger partial charge in [0, 0.05) is 37.3 Å². The summed E-state index contributed by atoms with van der Waals surface area (Å²) < 4.78 is 5.25. The average molecular weight is 386 g/mol. The predicted octanol–water partition coefficient (Wildman–Crippen LogP) is 2.43. The number of hydrogen-bond acceptors (Lipinski definition) is 4. The molecule has 3 heterocycles. The second-order valence-corrected chi connectivity index (χ2v) is 8.35. The smallest absolute Gasteiger partial charge is 0.227 e. The molecule has 3 aliphatic rings. The van der Waals surface area contributed by atoms with Gasteiger partial charge in [0.1, 0.15) is 5.75 Å². The SMILES string of the molecule is COc1cccc(N2CC(C(=O)NC[C@@H]3CCCN4CCCC[C@H]34)CC2=O)c1. The maximum absolute atomic E-state index is 12.8. The Kier molecular flexibility index (Phi) is 5.85. The molecule has 0 aromatic heterocycles. The van der Waals surface area contributed by atoms with Gasteiger partial charge in [-0.1, -0.05) is 12.5 Å². The summed E-state index contributed by atoms with van der Waals surface area (Å²) in [6, 6.07) is 8.08. The molecular formula is C22H31N3O3. The first kappa shape index (κ1) is 19.2. The summed E-state index contributed by atoms with van der Waals surface area (Å²) in [5.74, 6) is 1.01. The quantitative estimate of drug-likeness (QED) is 0.846. The molecular weight excluding hydrogens is 354 g/mol. The van der Waals surface area contributed by atoms with Gasteiger partial charge in [-0.3, -0.25) is 9.59 Å². The minimum atomic E-state index is -0.273. The molecule has 0 aliphatic carbocycles. The van der Waals surface area contributed by atoms with Crippen molar-refractivity contribution < 1.29 is 14.3 Å². The number of rotatable bonds is 5. The first-order valence-corrected chi connectivity index (χ1v) is 10.6. The number of hydrogen-bond donors (Lipinski definition) is 1. The van der Waals surface area contributed by atoms with Crippen LogP contribution >= 0.6 is 0 Å². The van der Waals surface area contributed by atoms with E-state index in [4.69, 9.17) is 4.74 Å². The van der Waals surface area contributed by atoms with Gasteiger partial charge < -0.3 is 19.9 Å². The number of anilines is 1. The van der Waals surface area contributed by atoms with E-state index < -0.39 is 0 Å². The van der Waals surface area contributed by atoms with E-state index in [1.807, 2.05) is 24.3 Å². The van der Waals surface area contributed by atoms with Gasteiger partial charge in [0.2, 0.25) is 11.8 Å². The molecule has 3 aliphatic heterocycles. The number of methoxy groups -OCH3 is 1. The van der Waals surface area contributed by atoms with Crippen LogP contribution in [0.3, 0.4) is 0 Å². The Labute approximate surface area is 167 Å². The van der Waals surface area contributed by atoms with Crippen LogP contribution in [0.1, 0.15) is 38.5 Å². The lowest BCUT2D eigenvalue weighted by Crippen LogP contribution is -2.51. The number of fused-ring (bicyclic) bond motifs is 1. The zero-order valence-electron chi connectivity index (χ0n) is 16.7. The van der Waals surface area contributed by atoms with E-state index in [2.05, 4.69) is 10.2 Å². The topological polar surface area (TPSA) is 61.9 Å². The number of nitrogens with zero attached hydrogens (tertiary/aromatic N) is 2. The highest BCUT2D eigenvalue weighted by molar-refractivity contribution is 6.00. The molecule has 1 aromatic carbocycles. The highest BCUT2D eigenvalue weighted by Gasteiger charge is 2.37. The van der Waals surface area contributed by atoms with Crippen LogP contribution in [0.15, 0.2) is 24.3 Å². The Morgan fingerprint density at radius 3 is 2.93 bits per heavy atom. The molecule has 3 fully saturated rings. The van der Waals surface area contributed by atoms with Gasteiger partial charge in [0.25, 0.3) is 0 Å². The van der Waals surface area contributed by atoms with Gasteiger partial charge in [-0.15, -0.1) is 0 Å². The van der Waals surface area contributed by atoms with E-state index in [1.165, 1.54) is 45.2 Å². The van der Waals surface area contributed by atoms with E-state index in [9.17, 15) is 9.59 Å². The van der Waals surface area contributed by atoms with Gasteiger partial charge >= 0.3 is 0 Å². The Hall–Kier alpha value is -2.08. The van der Waals surface area contributed by atoms with Crippen molar-refractivity contribution in [3.63, 3.8) is 0 Å². The molecule has 2 amide bonds. The lowest BCUT2D eigenvalue weighted by molar-refractivity contribution is -0.126. The maximum atomic E-state index is 12.8. The number of carbonyl (C=O) groups is 2. The van der Waals surface area contributed by atoms with Crippen molar-refractivity contribution in [3.05, 3.63) is 24.3 Å². The number of ether oxygens (including phenoxy) is 1. The number of piperidine rings is 2. The highest BCUT2D eigenvalue weighted by atomic mass is 16.5. The molecule has 1 aromatic rings. The molecule has 0 bridgehead atoms. The molecule has 1 unspecified atom stereocenters. The lowest BCUT2D eigenvalue weighted by Gasteiger charge is -2.44. The normalized spacial score (nSPS) is 28.1. The first-order valence-electron chi connectivity index (χ1n) is 10.6. The van der Waals surface area contributed by atoms with Crippen molar-refractivity contribution in [3.8, 4) is 5.75 Å². The van der Waals surface area contributed by atoms with Crippen LogP contribution in [-0.2, 0) is 9.59 Å². The van der Waals surface area contributed by atoms with Crippen molar-refractivity contribution in [1.82, 2.24) is 10.2 Å². The summed E-state index contributed by atoms with van der Waals surface area (Å²) in [6.45, 7) is 3.60. The summed E-state index contributed by atoms with van der Waals surface area (Å²) in [5.41, 5.74) is 0.796. The molecule has 6 heteroatoms. The van der Waals surface area contributed by atoms with Crippen LogP contribution in [0.25, 0.3) is 0 Å². The van der Waals surface area contributed by atoms with Crippen molar-refractivity contribution in [2.24, 2.45) is 11.8 Å². The third-order valence-electron chi connectivity index (χ3n) is 6.63. The van der Waals surface area contributed by atoms with E-state index in [1.54, 1.807) is 12.0 Å². The second kappa shape index (κ2) is 8.52. The van der Waals surface area contributed by atoms with Crippen LogP contribution in [0, 0.1) is 11.8 Å². The van der Waals surface area contributed by atoms with Crippen LogP contribution in [0.2, 0.25) is 0 Å². The van der Waals surface area contributed by atoms with E-state index in [0.717, 1.165) is 12.2 Å². The van der Waals surface area contributed by atoms with Crippen LogP contribution < -0.4 is 15.0 Å².